The van der Waals surface area contributed by atoms with Gasteiger partial charge in [-0.15, -0.1) is 0 Å². The first-order valence-corrected chi connectivity index (χ1v) is 9.65. The molecule has 142 valence electrons. The van der Waals surface area contributed by atoms with E-state index in [1.54, 1.807) is 16.8 Å². The Morgan fingerprint density at radius 2 is 1.67 bits per heavy atom. The molecular formula is C20H24N4O3. The minimum Gasteiger partial charge on any atom is -0.347 e. The van der Waals surface area contributed by atoms with Crippen molar-refractivity contribution in [3.8, 4) is 0 Å². The Morgan fingerprint density at radius 1 is 1.00 bits per heavy atom. The summed E-state index contributed by atoms with van der Waals surface area (Å²) in [5.74, 6) is -0.993. The molecule has 3 atom stereocenters. The van der Waals surface area contributed by atoms with E-state index in [9.17, 15) is 14.4 Å². The fraction of sp³-hybridized carbons (Fsp3) is 0.550. The summed E-state index contributed by atoms with van der Waals surface area (Å²) in [6.45, 7) is 0. The Hall–Kier alpha value is -2.41. The number of amides is 3. The molecule has 27 heavy (non-hydrogen) atoms. The van der Waals surface area contributed by atoms with Crippen LogP contribution in [0.25, 0.3) is 0 Å². The summed E-state index contributed by atoms with van der Waals surface area (Å²) < 4.78 is 0. The monoisotopic (exact) mass is 368 g/mol. The molecule has 1 aliphatic carbocycles. The molecule has 1 aromatic rings. The van der Waals surface area contributed by atoms with E-state index in [1.807, 2.05) is 24.3 Å². The molecular weight excluding hydrogens is 344 g/mol. The SMILES string of the molecule is CN1C(=O)C2N(C3CCCCC3)C(=O)C3(N)N(C)c4ccccc4C23C1=O. The van der Waals surface area contributed by atoms with Gasteiger partial charge in [0.05, 0.1) is 0 Å². The molecule has 2 N–H and O–H groups in total. The lowest BCUT2D eigenvalue weighted by atomic mass is 9.71. The van der Waals surface area contributed by atoms with Gasteiger partial charge in [-0.2, -0.15) is 0 Å². The third-order valence-corrected chi connectivity index (χ3v) is 7.24. The number of para-hydroxylation sites is 1. The highest BCUT2D eigenvalue weighted by molar-refractivity contribution is 6.22. The van der Waals surface area contributed by atoms with Gasteiger partial charge in [0.15, 0.2) is 11.1 Å². The average Bonchev–Trinajstić information content (AvgIpc) is 3.12. The summed E-state index contributed by atoms with van der Waals surface area (Å²) in [5, 5.41) is 0. The van der Waals surface area contributed by atoms with Crippen molar-refractivity contribution in [3.63, 3.8) is 0 Å². The van der Waals surface area contributed by atoms with E-state index in [2.05, 4.69) is 0 Å². The van der Waals surface area contributed by atoms with Crippen molar-refractivity contribution >= 4 is 23.4 Å². The number of carbonyl (C=O) groups excluding carboxylic acids is 3. The first kappa shape index (κ1) is 16.7. The van der Waals surface area contributed by atoms with Crippen LogP contribution in [-0.4, -0.2) is 59.4 Å². The van der Waals surface area contributed by atoms with Crippen molar-refractivity contribution < 1.29 is 14.4 Å². The molecule has 5 rings (SSSR count). The molecule has 0 bridgehead atoms. The first-order chi connectivity index (χ1) is 12.9. The van der Waals surface area contributed by atoms with Crippen molar-refractivity contribution in [2.45, 2.75) is 55.3 Å². The van der Waals surface area contributed by atoms with E-state index in [4.69, 9.17) is 5.73 Å². The summed E-state index contributed by atoms with van der Waals surface area (Å²) in [6, 6.07) is 6.51. The Kier molecular flexibility index (Phi) is 3.16. The lowest BCUT2D eigenvalue weighted by molar-refractivity contribution is -0.147. The predicted octanol–water partition coefficient (Wildman–Crippen LogP) is 0.571. The van der Waals surface area contributed by atoms with Gasteiger partial charge >= 0.3 is 0 Å². The molecule has 3 amide bonds. The largest absolute Gasteiger partial charge is 0.347 e. The topological polar surface area (TPSA) is 86.9 Å². The molecule has 7 nitrogen and oxygen atoms in total. The van der Waals surface area contributed by atoms with Crippen LogP contribution in [0.4, 0.5) is 5.69 Å². The molecule has 7 heteroatoms. The van der Waals surface area contributed by atoms with Gasteiger partial charge in [0, 0.05) is 25.8 Å². The average molecular weight is 368 g/mol. The van der Waals surface area contributed by atoms with Crippen LogP contribution < -0.4 is 10.6 Å². The van der Waals surface area contributed by atoms with Crippen LogP contribution in [0.15, 0.2) is 24.3 Å². The standard InChI is InChI=1S/C20H24N4O3/c1-22-16(25)15-19(17(22)26)13-10-6-7-11-14(13)23(2)20(19,21)18(27)24(15)12-8-4-3-5-9-12/h6-7,10-12,15H,3-5,8-9,21H2,1-2H3. The van der Waals surface area contributed by atoms with Crippen LogP contribution in [0.3, 0.4) is 0 Å². The highest BCUT2D eigenvalue weighted by Crippen LogP contribution is 2.60. The Morgan fingerprint density at radius 3 is 2.37 bits per heavy atom. The second kappa shape index (κ2) is 5.10. The second-order valence-electron chi connectivity index (χ2n) is 8.26. The summed E-state index contributed by atoms with van der Waals surface area (Å²) >= 11 is 0. The zero-order valence-corrected chi connectivity index (χ0v) is 15.6. The fourth-order valence-corrected chi connectivity index (χ4v) is 5.93. The molecule has 3 aliphatic heterocycles. The van der Waals surface area contributed by atoms with E-state index in [-0.39, 0.29) is 23.8 Å². The Bertz CT molecular complexity index is 880. The number of hydrogen-bond donors (Lipinski definition) is 1. The highest BCUT2D eigenvalue weighted by atomic mass is 16.2. The van der Waals surface area contributed by atoms with Gasteiger partial charge in [-0.3, -0.25) is 25.0 Å². The smallest absolute Gasteiger partial charge is 0.265 e. The van der Waals surface area contributed by atoms with Gasteiger partial charge in [0.2, 0.25) is 5.91 Å². The zero-order valence-electron chi connectivity index (χ0n) is 15.6. The molecule has 4 aliphatic rings. The van der Waals surface area contributed by atoms with E-state index in [1.165, 1.54) is 11.9 Å². The molecule has 0 radical (unpaired) electrons. The van der Waals surface area contributed by atoms with Crippen molar-refractivity contribution in [2.75, 3.05) is 19.0 Å². The molecule has 0 aromatic heterocycles. The summed E-state index contributed by atoms with van der Waals surface area (Å²) in [7, 11) is 3.26. The minimum absolute atomic E-state index is 0.0389. The summed E-state index contributed by atoms with van der Waals surface area (Å²) in [6.07, 6.45) is 4.89. The number of benzene rings is 1. The minimum atomic E-state index is -1.57. The number of carbonyl (C=O) groups is 3. The normalized spacial score (nSPS) is 35.7. The first-order valence-electron chi connectivity index (χ1n) is 9.65. The third-order valence-electron chi connectivity index (χ3n) is 7.24. The molecule has 3 heterocycles. The maximum absolute atomic E-state index is 13.7. The van der Waals surface area contributed by atoms with Crippen molar-refractivity contribution in [1.82, 2.24) is 9.80 Å². The molecule has 1 aromatic carbocycles. The molecule has 1 saturated carbocycles. The van der Waals surface area contributed by atoms with Crippen LogP contribution in [-0.2, 0) is 19.8 Å². The van der Waals surface area contributed by atoms with Crippen LogP contribution in [0.1, 0.15) is 37.7 Å². The number of fused-ring (bicyclic) bond motifs is 1. The lowest BCUT2D eigenvalue weighted by Crippen LogP contribution is -2.69. The Balaban J connectivity index is 1.79. The number of imide groups is 1. The molecule has 3 fully saturated rings. The maximum Gasteiger partial charge on any atom is 0.265 e. The van der Waals surface area contributed by atoms with Crippen molar-refractivity contribution in [1.29, 1.82) is 0 Å². The number of rotatable bonds is 1. The maximum atomic E-state index is 13.7. The van der Waals surface area contributed by atoms with E-state index in [0.29, 0.717) is 5.56 Å². The number of nitrogens with zero attached hydrogens (tertiary/aromatic N) is 3. The van der Waals surface area contributed by atoms with Gasteiger partial charge < -0.3 is 9.80 Å². The number of likely N-dealkylation sites (N-methyl/N-ethyl adjacent to an activating group) is 2. The van der Waals surface area contributed by atoms with Gasteiger partial charge in [-0.25, -0.2) is 0 Å². The lowest BCUT2D eigenvalue weighted by Gasteiger charge is -2.37. The zero-order chi connectivity index (χ0) is 19.1. The number of likely N-dealkylation sites (tertiary alicyclic amines) is 2. The van der Waals surface area contributed by atoms with Crippen LogP contribution in [0.2, 0.25) is 0 Å². The fourth-order valence-electron chi connectivity index (χ4n) is 5.93. The molecule has 3 unspecified atom stereocenters. The molecule has 1 spiro atoms. The quantitative estimate of drug-likeness (QED) is 0.733. The summed E-state index contributed by atoms with van der Waals surface area (Å²) in [5.41, 5.74) is 5.31. The van der Waals surface area contributed by atoms with E-state index in [0.717, 1.165) is 37.8 Å². The van der Waals surface area contributed by atoms with E-state index >= 15 is 0 Å². The van der Waals surface area contributed by atoms with Gasteiger partial charge in [-0.1, -0.05) is 37.5 Å². The molecule has 2 saturated heterocycles. The number of anilines is 1. The predicted molar refractivity (Wildman–Crippen MR) is 98.7 cm³/mol. The third kappa shape index (κ3) is 1.57. The second-order valence-corrected chi connectivity index (χ2v) is 8.26. The van der Waals surface area contributed by atoms with E-state index < -0.39 is 17.1 Å². The van der Waals surface area contributed by atoms with Gasteiger partial charge in [-0.05, 0) is 24.5 Å². The number of hydrogen-bond acceptors (Lipinski definition) is 5. The van der Waals surface area contributed by atoms with Crippen LogP contribution in [0.5, 0.6) is 0 Å². The number of nitrogens with two attached hydrogens (primary N) is 1. The summed E-state index contributed by atoms with van der Waals surface area (Å²) in [4.78, 5) is 45.0. The Labute approximate surface area is 158 Å². The van der Waals surface area contributed by atoms with Gasteiger partial charge in [0.25, 0.3) is 11.8 Å². The van der Waals surface area contributed by atoms with Crippen molar-refractivity contribution in [2.24, 2.45) is 5.73 Å². The van der Waals surface area contributed by atoms with Crippen LogP contribution >= 0.6 is 0 Å². The highest BCUT2D eigenvalue weighted by Gasteiger charge is 2.83. The van der Waals surface area contributed by atoms with Crippen LogP contribution in [0, 0.1) is 0 Å². The van der Waals surface area contributed by atoms with Gasteiger partial charge in [0.1, 0.15) is 6.04 Å². The van der Waals surface area contributed by atoms with Crippen molar-refractivity contribution in [3.05, 3.63) is 29.8 Å².